The maximum atomic E-state index is 5.87. The summed E-state index contributed by atoms with van der Waals surface area (Å²) in [5, 5.41) is 3.65. The first kappa shape index (κ1) is 9.47. The van der Waals surface area contributed by atoms with Crippen LogP contribution in [0.3, 0.4) is 0 Å². The van der Waals surface area contributed by atoms with Crippen molar-refractivity contribution >= 4 is 0 Å². The lowest BCUT2D eigenvalue weighted by Gasteiger charge is -2.11. The maximum Gasteiger partial charge on any atom is 0.0125 e. The predicted molar refractivity (Wildman–Crippen MR) is 55.5 cm³/mol. The van der Waals surface area contributed by atoms with Gasteiger partial charge in [0, 0.05) is 12.1 Å². The van der Waals surface area contributed by atoms with Crippen molar-refractivity contribution in [2.75, 3.05) is 6.54 Å². The van der Waals surface area contributed by atoms with Crippen molar-refractivity contribution in [2.24, 2.45) is 17.1 Å². The van der Waals surface area contributed by atoms with Crippen molar-refractivity contribution in [3.05, 3.63) is 0 Å². The molecule has 0 aliphatic heterocycles. The van der Waals surface area contributed by atoms with Gasteiger partial charge in [0.25, 0.3) is 0 Å². The summed E-state index contributed by atoms with van der Waals surface area (Å²) in [5.74, 6) is 0.853. The lowest BCUT2D eigenvalue weighted by molar-refractivity contribution is 0.452. The van der Waals surface area contributed by atoms with Crippen LogP contribution in [-0.2, 0) is 0 Å². The summed E-state index contributed by atoms with van der Waals surface area (Å²) < 4.78 is 0. The summed E-state index contributed by atoms with van der Waals surface area (Å²) in [6.45, 7) is 5.87. The summed E-state index contributed by atoms with van der Waals surface area (Å²) in [7, 11) is 0. The molecular weight excluding hydrogens is 160 g/mol. The average molecular weight is 182 g/mol. The fourth-order valence-electron chi connectivity index (χ4n) is 2.42. The molecule has 2 aliphatic carbocycles. The van der Waals surface area contributed by atoms with E-state index in [-0.39, 0.29) is 0 Å². The van der Waals surface area contributed by atoms with Crippen molar-refractivity contribution in [1.29, 1.82) is 0 Å². The van der Waals surface area contributed by atoms with E-state index in [2.05, 4.69) is 19.2 Å². The predicted octanol–water partition coefficient (Wildman–Crippen LogP) is 1.50. The third-order valence-electron chi connectivity index (χ3n) is 3.75. The highest BCUT2D eigenvalue weighted by molar-refractivity contribution is 5.01. The average Bonchev–Trinajstić information content (AvgIpc) is 2.45. The lowest BCUT2D eigenvalue weighted by atomic mass is 10.1. The molecule has 2 heteroatoms. The molecule has 0 aromatic heterocycles. The smallest absolute Gasteiger partial charge is 0.0125 e. The van der Waals surface area contributed by atoms with E-state index in [0.717, 1.165) is 12.0 Å². The van der Waals surface area contributed by atoms with E-state index in [1.54, 1.807) is 0 Å². The molecule has 0 heterocycles. The largest absolute Gasteiger partial charge is 0.328 e. The summed E-state index contributed by atoms with van der Waals surface area (Å²) in [6, 6.07) is 1.27. The second-order valence-corrected chi connectivity index (χ2v) is 5.59. The summed E-state index contributed by atoms with van der Waals surface area (Å²) in [4.78, 5) is 0. The van der Waals surface area contributed by atoms with Crippen molar-refractivity contribution in [2.45, 2.75) is 51.6 Å². The van der Waals surface area contributed by atoms with Gasteiger partial charge in [-0.2, -0.15) is 0 Å². The third-order valence-corrected chi connectivity index (χ3v) is 3.75. The Labute approximate surface area is 81.3 Å². The van der Waals surface area contributed by atoms with E-state index in [1.165, 1.54) is 32.2 Å². The van der Waals surface area contributed by atoms with Crippen molar-refractivity contribution in [3.63, 3.8) is 0 Å². The zero-order valence-electron chi connectivity index (χ0n) is 8.84. The van der Waals surface area contributed by atoms with Gasteiger partial charge in [-0.15, -0.1) is 0 Å². The standard InChI is InChI=1S/C11H22N2/c1-11(2)6-10(11)13-7-8-3-4-9(12)5-8/h8-10,13H,3-7,12H2,1-2H3. The molecule has 2 fully saturated rings. The minimum atomic E-state index is 0.485. The summed E-state index contributed by atoms with van der Waals surface area (Å²) in [5.41, 5.74) is 6.44. The van der Waals surface area contributed by atoms with Crippen molar-refractivity contribution in [1.82, 2.24) is 5.32 Å². The Bertz CT molecular complexity index is 189. The lowest BCUT2D eigenvalue weighted by Crippen LogP contribution is -2.27. The Kier molecular flexibility index (Phi) is 2.37. The maximum absolute atomic E-state index is 5.87. The molecule has 0 spiro atoms. The van der Waals surface area contributed by atoms with Crippen LogP contribution in [0.15, 0.2) is 0 Å². The molecule has 3 N–H and O–H groups in total. The highest BCUT2D eigenvalue weighted by Gasteiger charge is 2.45. The highest BCUT2D eigenvalue weighted by Crippen LogP contribution is 2.44. The second kappa shape index (κ2) is 3.25. The third kappa shape index (κ3) is 2.23. The zero-order valence-corrected chi connectivity index (χ0v) is 8.84. The van der Waals surface area contributed by atoms with Gasteiger partial charge in [-0.05, 0) is 43.6 Å². The van der Waals surface area contributed by atoms with Crippen LogP contribution in [0.1, 0.15) is 39.5 Å². The van der Waals surface area contributed by atoms with Crippen LogP contribution in [-0.4, -0.2) is 18.6 Å². The Morgan fingerprint density at radius 1 is 1.38 bits per heavy atom. The second-order valence-electron chi connectivity index (χ2n) is 5.59. The fourth-order valence-corrected chi connectivity index (χ4v) is 2.42. The highest BCUT2D eigenvalue weighted by atomic mass is 15.0. The van der Waals surface area contributed by atoms with E-state index in [0.29, 0.717) is 11.5 Å². The quantitative estimate of drug-likeness (QED) is 0.694. The Balaban J connectivity index is 1.64. The molecule has 0 radical (unpaired) electrons. The number of nitrogens with one attached hydrogen (secondary N) is 1. The molecule has 3 unspecified atom stereocenters. The van der Waals surface area contributed by atoms with E-state index in [4.69, 9.17) is 5.73 Å². The van der Waals surface area contributed by atoms with Gasteiger partial charge in [-0.3, -0.25) is 0 Å². The SMILES string of the molecule is CC1(C)CC1NCC1CCC(N)C1. The molecule has 0 aromatic rings. The molecular formula is C11H22N2. The number of hydrogen-bond acceptors (Lipinski definition) is 2. The van der Waals surface area contributed by atoms with Gasteiger partial charge in [-0.1, -0.05) is 13.8 Å². The topological polar surface area (TPSA) is 38.0 Å². The molecule has 0 amide bonds. The van der Waals surface area contributed by atoms with Crippen molar-refractivity contribution in [3.8, 4) is 0 Å². The van der Waals surface area contributed by atoms with Crippen LogP contribution < -0.4 is 11.1 Å². The molecule has 0 saturated heterocycles. The van der Waals surface area contributed by atoms with E-state index in [1.807, 2.05) is 0 Å². The van der Waals surface area contributed by atoms with Gasteiger partial charge in [0.1, 0.15) is 0 Å². The van der Waals surface area contributed by atoms with Gasteiger partial charge in [0.15, 0.2) is 0 Å². The summed E-state index contributed by atoms with van der Waals surface area (Å²) >= 11 is 0. The van der Waals surface area contributed by atoms with Gasteiger partial charge >= 0.3 is 0 Å². The minimum Gasteiger partial charge on any atom is -0.328 e. The van der Waals surface area contributed by atoms with Crippen LogP contribution in [0, 0.1) is 11.3 Å². The first-order chi connectivity index (χ1) is 6.08. The van der Waals surface area contributed by atoms with E-state index in [9.17, 15) is 0 Å². The molecule has 2 aliphatic rings. The van der Waals surface area contributed by atoms with Gasteiger partial charge in [0.2, 0.25) is 0 Å². The first-order valence-electron chi connectivity index (χ1n) is 5.57. The van der Waals surface area contributed by atoms with E-state index >= 15 is 0 Å². The van der Waals surface area contributed by atoms with Gasteiger partial charge < -0.3 is 11.1 Å². The van der Waals surface area contributed by atoms with Gasteiger partial charge in [-0.25, -0.2) is 0 Å². The van der Waals surface area contributed by atoms with Crippen LogP contribution in [0.2, 0.25) is 0 Å². The molecule has 0 aromatic carbocycles. The fraction of sp³-hybridized carbons (Fsp3) is 1.00. The molecule has 3 atom stereocenters. The van der Waals surface area contributed by atoms with Crippen LogP contribution in [0.5, 0.6) is 0 Å². The van der Waals surface area contributed by atoms with Crippen molar-refractivity contribution < 1.29 is 0 Å². The van der Waals surface area contributed by atoms with Crippen LogP contribution >= 0.6 is 0 Å². The molecule has 2 saturated carbocycles. The molecule has 2 rings (SSSR count). The monoisotopic (exact) mass is 182 g/mol. The Morgan fingerprint density at radius 3 is 2.54 bits per heavy atom. The molecule has 2 nitrogen and oxygen atoms in total. The minimum absolute atomic E-state index is 0.485. The van der Waals surface area contributed by atoms with Crippen LogP contribution in [0.25, 0.3) is 0 Å². The Hall–Kier alpha value is -0.0800. The number of rotatable bonds is 3. The molecule has 76 valence electrons. The summed E-state index contributed by atoms with van der Waals surface area (Å²) in [6.07, 6.45) is 5.16. The zero-order chi connectivity index (χ0) is 9.47. The Morgan fingerprint density at radius 2 is 2.08 bits per heavy atom. The molecule has 13 heavy (non-hydrogen) atoms. The van der Waals surface area contributed by atoms with Gasteiger partial charge in [0.05, 0.1) is 0 Å². The number of nitrogens with two attached hydrogens (primary N) is 1. The number of hydrogen-bond donors (Lipinski definition) is 2. The van der Waals surface area contributed by atoms with E-state index < -0.39 is 0 Å². The molecule has 0 bridgehead atoms. The first-order valence-corrected chi connectivity index (χ1v) is 5.57. The van der Waals surface area contributed by atoms with Crippen LogP contribution in [0.4, 0.5) is 0 Å². The normalized spacial score (nSPS) is 42.2.